The van der Waals surface area contributed by atoms with Crippen LogP contribution >= 0.6 is 0 Å². The van der Waals surface area contributed by atoms with Crippen molar-refractivity contribution in [1.29, 1.82) is 0 Å². The fourth-order valence-corrected chi connectivity index (χ4v) is 11.1. The summed E-state index contributed by atoms with van der Waals surface area (Å²) in [5.74, 6) is -0.788. The molecule has 68 heavy (non-hydrogen) atoms. The molecule has 1 spiro atoms. The van der Waals surface area contributed by atoms with Crippen LogP contribution in [0.1, 0.15) is 126 Å². The summed E-state index contributed by atoms with van der Waals surface area (Å²) in [6, 6.07) is 16.6. The molecule has 0 bridgehead atoms. The van der Waals surface area contributed by atoms with Crippen LogP contribution in [0, 0.1) is 21.3 Å². The molecule has 0 unspecified atom stereocenters. The number of nitro groups is 1. The van der Waals surface area contributed by atoms with E-state index in [2.05, 4.69) is 68.2 Å². The molecule has 0 radical (unpaired) electrons. The van der Waals surface area contributed by atoms with E-state index in [1.54, 1.807) is 26.0 Å². The number of amides is 1. The molecule has 3 atom stereocenters. The van der Waals surface area contributed by atoms with E-state index in [4.69, 9.17) is 9.47 Å². The Bertz CT molecular complexity index is 2750. The van der Waals surface area contributed by atoms with Crippen molar-refractivity contribution in [2.75, 3.05) is 49.5 Å². The van der Waals surface area contributed by atoms with Gasteiger partial charge in [-0.1, -0.05) is 51.5 Å². The van der Waals surface area contributed by atoms with Gasteiger partial charge in [-0.3, -0.25) is 19.8 Å². The number of carbonyl (C=O) groups excluding carboxylic acids is 1. The number of rotatable bonds is 19. The van der Waals surface area contributed by atoms with Gasteiger partial charge in [0.15, 0.2) is 5.75 Å². The fraction of sp³-hybridized carbons (Fsp3) is 0.500. The summed E-state index contributed by atoms with van der Waals surface area (Å²) < 4.78 is 56.6. The number of pyridine rings is 2. The van der Waals surface area contributed by atoms with Crippen molar-refractivity contribution in [3.63, 3.8) is 0 Å². The summed E-state index contributed by atoms with van der Waals surface area (Å²) in [5.41, 5.74) is 2.55. The summed E-state index contributed by atoms with van der Waals surface area (Å²) >= 11 is 0. The number of unbranched alkanes of at least 4 members (excludes halogenated alkanes) is 1. The normalized spacial score (nSPS) is 19.2. The quantitative estimate of drug-likeness (QED) is 0.0346. The number of fused-ring (bicyclic) bond motifs is 1. The van der Waals surface area contributed by atoms with Gasteiger partial charge in [-0.15, -0.1) is 0 Å². The Hall–Kier alpha value is -5.85. The summed E-state index contributed by atoms with van der Waals surface area (Å²) in [6.07, 6.45) is 10.1. The average Bonchev–Trinajstić information content (AvgIpc) is 3.94. The van der Waals surface area contributed by atoms with Crippen LogP contribution in [0.5, 0.6) is 17.4 Å². The van der Waals surface area contributed by atoms with E-state index in [-0.39, 0.29) is 51.8 Å². The standard InChI is InChI=1S/C50H63FN8O8S/c1-6-49(5,61)19-10-11-22-52-46-42(59(62)63)26-34(28-53-46)68(64,65)56-47(60)38-18-17-33(25-43(38)67-44-27-39-40(51)29-54-45(39)55-48(44)66-7-2)57-23-20-50(21-24-57)30-58(31-50)41-16-12-15-37(41)36-14-9-8-13-35(36)32(3)4/h8-9,13-14,17-18,25-29,32,37,41,61H,6-7,10-12,15-16,19-24,30-31H2,1-5H3,(H,52,53)(H,54,55)(H,56,60)/t37-,41-,49-/m1/s1. The highest BCUT2D eigenvalue weighted by molar-refractivity contribution is 7.90. The van der Waals surface area contributed by atoms with Gasteiger partial charge in [0, 0.05) is 68.8 Å². The number of halogens is 1. The van der Waals surface area contributed by atoms with Crippen LogP contribution in [0.15, 0.2) is 71.9 Å². The Morgan fingerprint density at radius 1 is 1.09 bits per heavy atom. The Kier molecular flexibility index (Phi) is 14.3. The summed E-state index contributed by atoms with van der Waals surface area (Å²) in [5, 5.41) is 25.4. The number of anilines is 2. The third-order valence-corrected chi connectivity index (χ3v) is 15.6. The minimum Gasteiger partial charge on any atom is -0.475 e. The van der Waals surface area contributed by atoms with Crippen molar-refractivity contribution in [1.82, 2.24) is 24.6 Å². The highest BCUT2D eigenvalue weighted by Crippen LogP contribution is 2.49. The second-order valence-corrected chi connectivity index (χ2v) is 21.0. The molecule has 4 N–H and O–H groups in total. The molecule has 1 saturated carbocycles. The van der Waals surface area contributed by atoms with Crippen LogP contribution in [0.3, 0.4) is 0 Å². The van der Waals surface area contributed by atoms with E-state index in [1.807, 2.05) is 11.6 Å². The van der Waals surface area contributed by atoms with E-state index in [0.29, 0.717) is 50.1 Å². The van der Waals surface area contributed by atoms with Crippen molar-refractivity contribution in [3.8, 4) is 17.4 Å². The molecule has 1 amide bonds. The monoisotopic (exact) mass is 954 g/mol. The van der Waals surface area contributed by atoms with Gasteiger partial charge in [-0.2, -0.15) is 4.98 Å². The summed E-state index contributed by atoms with van der Waals surface area (Å²) in [7, 11) is -4.72. The lowest BCUT2D eigenvalue weighted by Crippen LogP contribution is -2.63. The number of nitrogens with zero attached hydrogens (tertiary/aromatic N) is 5. The molecule has 2 saturated heterocycles. The van der Waals surface area contributed by atoms with Crippen LogP contribution < -0.4 is 24.4 Å². The molecule has 3 aromatic heterocycles. The number of benzene rings is 2. The molecule has 3 aliphatic rings. The second-order valence-electron chi connectivity index (χ2n) is 19.3. The molecule has 16 nitrogen and oxygen atoms in total. The van der Waals surface area contributed by atoms with Gasteiger partial charge in [0.2, 0.25) is 5.82 Å². The van der Waals surface area contributed by atoms with E-state index in [9.17, 15) is 32.8 Å². The molecule has 3 fully saturated rings. The Morgan fingerprint density at radius 2 is 1.85 bits per heavy atom. The fourth-order valence-electron chi connectivity index (χ4n) is 10.2. The predicted octanol–water partition coefficient (Wildman–Crippen LogP) is 9.42. The number of nitrogens with one attached hydrogen (secondary N) is 3. The van der Waals surface area contributed by atoms with E-state index in [1.165, 1.54) is 42.5 Å². The van der Waals surface area contributed by atoms with Crippen LogP contribution in [0.25, 0.3) is 11.0 Å². The molecule has 5 heterocycles. The molecular formula is C50H63FN8O8S. The van der Waals surface area contributed by atoms with Crippen molar-refractivity contribution in [3.05, 3.63) is 99.6 Å². The van der Waals surface area contributed by atoms with Gasteiger partial charge in [-0.25, -0.2) is 22.5 Å². The van der Waals surface area contributed by atoms with E-state index >= 15 is 0 Å². The van der Waals surface area contributed by atoms with Crippen LogP contribution in [-0.2, 0) is 10.0 Å². The van der Waals surface area contributed by atoms with Crippen LogP contribution in [0.2, 0.25) is 0 Å². The maximum absolute atomic E-state index is 14.9. The first-order chi connectivity index (χ1) is 32.5. The number of aromatic amines is 1. The number of carbonyl (C=O) groups is 1. The average molecular weight is 955 g/mol. The molecule has 2 aromatic carbocycles. The number of aromatic nitrogens is 3. The highest BCUT2D eigenvalue weighted by Gasteiger charge is 2.49. The van der Waals surface area contributed by atoms with Gasteiger partial charge >= 0.3 is 5.69 Å². The summed E-state index contributed by atoms with van der Waals surface area (Å²) in [6.45, 7) is 14.0. The van der Waals surface area contributed by atoms with Crippen molar-refractivity contribution in [2.24, 2.45) is 5.41 Å². The van der Waals surface area contributed by atoms with E-state index < -0.39 is 42.9 Å². The number of sulfonamides is 1. The first-order valence-corrected chi connectivity index (χ1v) is 25.4. The first kappa shape index (κ1) is 48.6. The molecule has 364 valence electrons. The first-order valence-electron chi connectivity index (χ1n) is 23.9. The van der Waals surface area contributed by atoms with Crippen LogP contribution in [0.4, 0.5) is 21.6 Å². The lowest BCUT2D eigenvalue weighted by molar-refractivity contribution is -0.384. The Morgan fingerprint density at radius 3 is 2.57 bits per heavy atom. The molecule has 2 aliphatic heterocycles. The number of hydrogen-bond acceptors (Lipinski definition) is 13. The van der Waals surface area contributed by atoms with Gasteiger partial charge in [0.25, 0.3) is 21.8 Å². The highest BCUT2D eigenvalue weighted by atomic mass is 32.2. The third kappa shape index (κ3) is 10.4. The molecule has 8 rings (SSSR count). The Labute approximate surface area is 397 Å². The maximum Gasteiger partial charge on any atom is 0.312 e. The largest absolute Gasteiger partial charge is 0.475 e. The SMILES string of the molecule is CCOc1nc2[nH]cc(F)c2cc1Oc1cc(N2CCC3(CC2)CN([C@@H]2CCC[C@@H]2c2ccccc2C(C)C)C3)ccc1C(=O)NS(=O)(=O)c1cnc(NCCCC[C@](C)(O)CC)c([N+](=O)[O-])c1. The number of ether oxygens (including phenoxy) is 2. The van der Waals surface area contributed by atoms with Crippen molar-refractivity contribution in [2.45, 2.75) is 121 Å². The summed E-state index contributed by atoms with van der Waals surface area (Å²) in [4.78, 5) is 41.0. The molecular weight excluding hydrogens is 892 g/mol. The topological polar surface area (TPSA) is 205 Å². The zero-order chi connectivity index (χ0) is 48.4. The van der Waals surface area contributed by atoms with Gasteiger partial charge in [0.05, 0.1) is 34.3 Å². The second kappa shape index (κ2) is 20.0. The van der Waals surface area contributed by atoms with Gasteiger partial charge in [-0.05, 0) is 106 Å². The molecule has 1 aliphatic carbocycles. The minimum atomic E-state index is -4.72. The van der Waals surface area contributed by atoms with Gasteiger partial charge < -0.3 is 29.8 Å². The smallest absolute Gasteiger partial charge is 0.312 e. The van der Waals surface area contributed by atoms with Crippen LogP contribution in [-0.4, -0.2) is 95.2 Å². The molecule has 18 heteroatoms. The zero-order valence-corrected chi connectivity index (χ0v) is 40.3. The zero-order valence-electron chi connectivity index (χ0n) is 39.5. The van der Waals surface area contributed by atoms with Gasteiger partial charge in [0.1, 0.15) is 22.1 Å². The van der Waals surface area contributed by atoms with E-state index in [0.717, 1.165) is 63.2 Å². The number of H-pyrrole nitrogens is 1. The van der Waals surface area contributed by atoms with Crippen molar-refractivity contribution >= 4 is 44.2 Å². The maximum atomic E-state index is 14.9. The number of hydrogen-bond donors (Lipinski definition) is 4. The lowest BCUT2D eigenvalue weighted by Gasteiger charge is -2.57. The third-order valence-electron chi connectivity index (χ3n) is 14.3. The number of aliphatic hydroxyl groups is 1. The number of likely N-dealkylation sites (tertiary alicyclic amines) is 1. The predicted molar refractivity (Wildman–Crippen MR) is 259 cm³/mol. The molecule has 5 aromatic rings. The number of piperidine rings is 1. The lowest BCUT2D eigenvalue weighted by atomic mass is 9.70. The Balaban J connectivity index is 1.00. The van der Waals surface area contributed by atoms with Crippen molar-refractivity contribution < 1.29 is 37.1 Å². The minimum absolute atomic E-state index is 0.000969.